The predicted octanol–water partition coefficient (Wildman–Crippen LogP) is 5.28. The van der Waals surface area contributed by atoms with Crippen molar-refractivity contribution in [3.63, 3.8) is 0 Å². The van der Waals surface area contributed by atoms with E-state index < -0.39 is 24.0 Å². The molecular weight excluding hydrogens is 534 g/mol. The third-order valence-corrected chi connectivity index (χ3v) is 8.08. The van der Waals surface area contributed by atoms with Crippen molar-refractivity contribution in [1.82, 2.24) is 15.5 Å². The molecule has 2 N–H and O–H groups in total. The molecule has 220 valence electrons. The van der Waals surface area contributed by atoms with E-state index in [0.717, 1.165) is 35.1 Å². The van der Waals surface area contributed by atoms with Gasteiger partial charge in [-0.25, -0.2) is 0 Å². The molecule has 5 rings (SSSR count). The van der Waals surface area contributed by atoms with Gasteiger partial charge in [0.2, 0.25) is 17.7 Å². The molecule has 0 saturated carbocycles. The van der Waals surface area contributed by atoms with Crippen molar-refractivity contribution in [3.8, 4) is 0 Å². The molecule has 3 amide bonds. The highest BCUT2D eigenvalue weighted by Gasteiger charge is 2.49. The van der Waals surface area contributed by atoms with Crippen LogP contribution >= 0.6 is 0 Å². The van der Waals surface area contributed by atoms with Crippen LogP contribution < -0.4 is 10.6 Å². The Hall–Kier alpha value is -4.71. The minimum Gasteiger partial charge on any atom is -0.354 e. The average Bonchev–Trinajstić information content (AvgIpc) is 3.04. The van der Waals surface area contributed by atoms with Gasteiger partial charge in [-0.3, -0.25) is 14.4 Å². The van der Waals surface area contributed by atoms with Crippen molar-refractivity contribution in [2.75, 3.05) is 6.54 Å². The fourth-order valence-corrected chi connectivity index (χ4v) is 5.94. The van der Waals surface area contributed by atoms with Crippen LogP contribution in [-0.2, 0) is 27.2 Å². The van der Waals surface area contributed by atoms with Crippen molar-refractivity contribution in [3.05, 3.63) is 144 Å². The first-order valence-corrected chi connectivity index (χ1v) is 15.1. The Labute approximate surface area is 254 Å². The van der Waals surface area contributed by atoms with Crippen LogP contribution in [0.5, 0.6) is 0 Å². The summed E-state index contributed by atoms with van der Waals surface area (Å²) in [6.07, 6.45) is 2.47. The number of unbranched alkanes of at least 4 members (excludes halogenated alkanes) is 1. The molecule has 1 fully saturated rings. The molecule has 0 aromatic heterocycles. The van der Waals surface area contributed by atoms with Crippen molar-refractivity contribution >= 4 is 17.7 Å². The number of hydrogen-bond acceptors (Lipinski definition) is 3. The number of hydrogen-bond donors (Lipinski definition) is 2. The molecule has 0 radical (unpaired) electrons. The Balaban J connectivity index is 1.63. The van der Waals surface area contributed by atoms with Crippen LogP contribution in [-0.4, -0.2) is 47.3 Å². The Kier molecular flexibility index (Phi) is 10.0. The highest BCUT2D eigenvalue weighted by atomic mass is 16.2. The molecule has 6 heteroatoms. The first-order valence-electron chi connectivity index (χ1n) is 15.1. The monoisotopic (exact) mass is 573 g/mol. The van der Waals surface area contributed by atoms with Crippen LogP contribution in [0.15, 0.2) is 121 Å². The van der Waals surface area contributed by atoms with Crippen LogP contribution in [0.2, 0.25) is 0 Å². The standard InChI is InChI=1S/C37H39N3O3/c1-2-3-24-38-36(42)34-31(25-27-16-8-4-9-17-27)39-35(41)32(26-28-18-10-5-11-19-28)40(34)37(43)33(29-20-12-6-13-21-29)30-22-14-7-15-23-30/h4-23,31-34H,2-3,24-26H2,1H3,(H,38,42)(H,39,41). The van der Waals surface area contributed by atoms with Gasteiger partial charge in [-0.2, -0.15) is 0 Å². The quantitative estimate of drug-likeness (QED) is 0.240. The summed E-state index contributed by atoms with van der Waals surface area (Å²) >= 11 is 0. The molecule has 1 aliphatic rings. The second kappa shape index (κ2) is 14.5. The van der Waals surface area contributed by atoms with Gasteiger partial charge in [-0.15, -0.1) is 0 Å². The summed E-state index contributed by atoms with van der Waals surface area (Å²) in [6, 6.07) is 36.3. The SMILES string of the molecule is CCCCNC(=O)C1C(Cc2ccccc2)NC(=O)C(Cc2ccccc2)N1C(=O)C(c1ccccc1)c1ccccc1. The van der Waals surface area contributed by atoms with Gasteiger partial charge < -0.3 is 15.5 Å². The summed E-state index contributed by atoms with van der Waals surface area (Å²) < 4.78 is 0. The fourth-order valence-electron chi connectivity index (χ4n) is 5.94. The lowest BCUT2D eigenvalue weighted by molar-refractivity contribution is -0.154. The normalized spacial score (nSPS) is 18.2. The third kappa shape index (κ3) is 7.20. The smallest absolute Gasteiger partial charge is 0.244 e. The molecule has 43 heavy (non-hydrogen) atoms. The zero-order chi connectivity index (χ0) is 30.0. The maximum atomic E-state index is 15.1. The number of carbonyl (C=O) groups excluding carboxylic acids is 3. The lowest BCUT2D eigenvalue weighted by atomic mass is 9.85. The minimum absolute atomic E-state index is 0.249. The van der Waals surface area contributed by atoms with Gasteiger partial charge in [0, 0.05) is 13.0 Å². The fraction of sp³-hybridized carbons (Fsp3) is 0.270. The van der Waals surface area contributed by atoms with Crippen LogP contribution in [0, 0.1) is 0 Å². The van der Waals surface area contributed by atoms with Gasteiger partial charge in [-0.1, -0.05) is 135 Å². The minimum atomic E-state index is -0.897. The summed E-state index contributed by atoms with van der Waals surface area (Å²) in [5, 5.41) is 6.25. The molecule has 3 atom stereocenters. The Morgan fingerprint density at radius 3 is 1.74 bits per heavy atom. The van der Waals surface area contributed by atoms with Gasteiger partial charge in [0.05, 0.1) is 12.0 Å². The second-order valence-electron chi connectivity index (χ2n) is 11.1. The summed E-state index contributed by atoms with van der Waals surface area (Å²) in [5.41, 5.74) is 3.53. The van der Waals surface area contributed by atoms with Gasteiger partial charge in [0.15, 0.2) is 0 Å². The van der Waals surface area contributed by atoms with E-state index in [9.17, 15) is 9.59 Å². The third-order valence-electron chi connectivity index (χ3n) is 8.08. The summed E-state index contributed by atoms with van der Waals surface area (Å²) in [5.74, 6) is -1.45. The second-order valence-corrected chi connectivity index (χ2v) is 11.1. The number of benzene rings is 4. The van der Waals surface area contributed by atoms with Gasteiger partial charge in [-0.05, 0) is 35.1 Å². The van der Waals surface area contributed by atoms with Crippen LogP contribution in [0.1, 0.15) is 47.9 Å². The topological polar surface area (TPSA) is 78.5 Å². The van der Waals surface area contributed by atoms with Gasteiger partial charge in [0.1, 0.15) is 12.1 Å². The maximum absolute atomic E-state index is 15.1. The number of piperazine rings is 1. The lowest BCUT2D eigenvalue weighted by Gasteiger charge is -2.46. The average molecular weight is 574 g/mol. The van der Waals surface area contributed by atoms with Crippen molar-refractivity contribution < 1.29 is 14.4 Å². The molecule has 4 aromatic carbocycles. The molecule has 0 spiro atoms. The van der Waals surface area contributed by atoms with Crippen molar-refractivity contribution in [2.45, 2.75) is 56.7 Å². The lowest BCUT2D eigenvalue weighted by Crippen LogP contribution is -2.72. The van der Waals surface area contributed by atoms with E-state index in [1.807, 2.05) is 121 Å². The summed E-state index contributed by atoms with van der Waals surface area (Å²) in [4.78, 5) is 44.8. The molecule has 1 saturated heterocycles. The van der Waals surface area contributed by atoms with Gasteiger partial charge >= 0.3 is 0 Å². The number of nitrogens with zero attached hydrogens (tertiary/aromatic N) is 1. The Morgan fingerprint density at radius 1 is 0.744 bits per heavy atom. The molecular formula is C37H39N3O3. The maximum Gasteiger partial charge on any atom is 0.244 e. The van der Waals surface area contributed by atoms with Crippen LogP contribution in [0.3, 0.4) is 0 Å². The highest BCUT2D eigenvalue weighted by molar-refractivity contribution is 5.99. The zero-order valence-electron chi connectivity index (χ0n) is 24.6. The molecule has 0 bridgehead atoms. The molecule has 1 heterocycles. The molecule has 4 aromatic rings. The number of rotatable bonds is 11. The van der Waals surface area contributed by atoms with E-state index in [1.54, 1.807) is 4.90 Å². The molecule has 3 unspecified atom stereocenters. The predicted molar refractivity (Wildman–Crippen MR) is 169 cm³/mol. The largest absolute Gasteiger partial charge is 0.354 e. The zero-order valence-corrected chi connectivity index (χ0v) is 24.6. The van der Waals surface area contributed by atoms with E-state index >= 15 is 4.79 Å². The van der Waals surface area contributed by atoms with Crippen LogP contribution in [0.4, 0.5) is 0 Å². The highest BCUT2D eigenvalue weighted by Crippen LogP contribution is 2.32. The Bertz CT molecular complexity index is 1440. The number of amides is 3. The van der Waals surface area contributed by atoms with E-state index in [4.69, 9.17) is 0 Å². The van der Waals surface area contributed by atoms with E-state index in [-0.39, 0.29) is 17.7 Å². The first-order chi connectivity index (χ1) is 21.1. The Morgan fingerprint density at radius 2 is 1.23 bits per heavy atom. The number of nitrogens with one attached hydrogen (secondary N) is 2. The molecule has 0 aliphatic carbocycles. The molecule has 6 nitrogen and oxygen atoms in total. The number of carbonyl (C=O) groups is 3. The van der Waals surface area contributed by atoms with E-state index in [2.05, 4.69) is 17.6 Å². The van der Waals surface area contributed by atoms with E-state index in [0.29, 0.717) is 19.4 Å². The van der Waals surface area contributed by atoms with Crippen LogP contribution in [0.25, 0.3) is 0 Å². The molecule has 1 aliphatic heterocycles. The summed E-state index contributed by atoms with van der Waals surface area (Å²) in [7, 11) is 0. The van der Waals surface area contributed by atoms with E-state index in [1.165, 1.54) is 0 Å². The van der Waals surface area contributed by atoms with Gasteiger partial charge in [0.25, 0.3) is 0 Å². The summed E-state index contributed by atoms with van der Waals surface area (Å²) in [6.45, 7) is 2.57. The van der Waals surface area contributed by atoms with Crippen molar-refractivity contribution in [2.24, 2.45) is 0 Å². The first kappa shape index (κ1) is 29.8. The van der Waals surface area contributed by atoms with Crippen molar-refractivity contribution in [1.29, 1.82) is 0 Å².